The van der Waals surface area contributed by atoms with Crippen LogP contribution in [0, 0.1) is 0 Å². The van der Waals surface area contributed by atoms with E-state index in [1.54, 1.807) is 13.2 Å². The van der Waals surface area contributed by atoms with E-state index < -0.39 is 5.91 Å². The molecule has 104 valence electrons. The van der Waals surface area contributed by atoms with Gasteiger partial charge in [0.15, 0.2) is 0 Å². The molecule has 0 spiro atoms. The van der Waals surface area contributed by atoms with Gasteiger partial charge in [-0.1, -0.05) is 11.6 Å². The number of primary amides is 1. The topological polar surface area (TPSA) is 93.4 Å². The summed E-state index contributed by atoms with van der Waals surface area (Å²) < 4.78 is 4.84. The van der Waals surface area contributed by atoms with Crippen molar-refractivity contribution >= 4 is 29.1 Å². The zero-order valence-corrected chi connectivity index (χ0v) is 11.3. The van der Waals surface area contributed by atoms with Gasteiger partial charge in [-0.25, -0.2) is 0 Å². The Balaban J connectivity index is 2.55. The number of anilines is 1. The normalized spacial score (nSPS) is 10.2. The second kappa shape index (κ2) is 7.73. The van der Waals surface area contributed by atoms with Crippen LogP contribution >= 0.6 is 11.6 Å². The summed E-state index contributed by atoms with van der Waals surface area (Å²) in [5, 5.41) is 5.79. The quantitative estimate of drug-likeness (QED) is 0.640. The number of benzene rings is 1. The number of rotatable bonds is 7. The SMILES string of the molecule is COCCNCC(=O)Nc1ccc(Cl)c(C(N)=O)c1. The van der Waals surface area contributed by atoms with Crippen LogP contribution in [-0.2, 0) is 9.53 Å². The van der Waals surface area contributed by atoms with Crippen molar-refractivity contribution in [1.29, 1.82) is 0 Å². The Kier molecular flexibility index (Phi) is 6.27. The van der Waals surface area contributed by atoms with Gasteiger partial charge in [0.25, 0.3) is 0 Å². The first kappa shape index (κ1) is 15.4. The molecule has 0 aliphatic carbocycles. The van der Waals surface area contributed by atoms with E-state index in [1.807, 2.05) is 0 Å². The van der Waals surface area contributed by atoms with Gasteiger partial charge in [-0.3, -0.25) is 9.59 Å². The second-order valence-corrected chi connectivity index (χ2v) is 4.18. The van der Waals surface area contributed by atoms with E-state index >= 15 is 0 Å². The Morgan fingerprint density at radius 3 is 2.79 bits per heavy atom. The van der Waals surface area contributed by atoms with Crippen molar-refractivity contribution in [3.05, 3.63) is 28.8 Å². The van der Waals surface area contributed by atoms with Crippen molar-refractivity contribution in [1.82, 2.24) is 5.32 Å². The molecular formula is C12H16ClN3O3. The minimum atomic E-state index is -0.640. The van der Waals surface area contributed by atoms with Gasteiger partial charge in [-0.15, -0.1) is 0 Å². The minimum absolute atomic E-state index is 0.151. The predicted molar refractivity (Wildman–Crippen MR) is 73.3 cm³/mol. The highest BCUT2D eigenvalue weighted by molar-refractivity contribution is 6.33. The van der Waals surface area contributed by atoms with Crippen LogP contribution < -0.4 is 16.4 Å². The maximum Gasteiger partial charge on any atom is 0.250 e. The van der Waals surface area contributed by atoms with E-state index in [4.69, 9.17) is 22.1 Å². The largest absolute Gasteiger partial charge is 0.383 e. The summed E-state index contributed by atoms with van der Waals surface area (Å²) in [6.07, 6.45) is 0. The van der Waals surface area contributed by atoms with Gasteiger partial charge in [0.2, 0.25) is 11.8 Å². The van der Waals surface area contributed by atoms with Crippen molar-refractivity contribution in [2.75, 3.05) is 32.1 Å². The van der Waals surface area contributed by atoms with E-state index in [0.29, 0.717) is 18.8 Å². The lowest BCUT2D eigenvalue weighted by Gasteiger charge is -2.08. The highest BCUT2D eigenvalue weighted by Crippen LogP contribution is 2.19. The summed E-state index contributed by atoms with van der Waals surface area (Å²) in [6, 6.07) is 4.55. The molecule has 1 aromatic rings. The molecule has 0 saturated carbocycles. The van der Waals surface area contributed by atoms with Crippen LogP contribution in [0.5, 0.6) is 0 Å². The lowest BCUT2D eigenvalue weighted by molar-refractivity contribution is -0.115. The zero-order valence-electron chi connectivity index (χ0n) is 10.5. The minimum Gasteiger partial charge on any atom is -0.383 e. The fourth-order valence-electron chi connectivity index (χ4n) is 1.37. The van der Waals surface area contributed by atoms with Crippen LogP contribution in [0.15, 0.2) is 18.2 Å². The molecule has 0 fully saturated rings. The number of methoxy groups -OCH3 is 1. The Morgan fingerprint density at radius 1 is 1.42 bits per heavy atom. The molecule has 0 heterocycles. The summed E-state index contributed by atoms with van der Waals surface area (Å²) in [7, 11) is 1.58. The van der Waals surface area contributed by atoms with Gasteiger partial charge >= 0.3 is 0 Å². The van der Waals surface area contributed by atoms with Crippen molar-refractivity contribution in [3.63, 3.8) is 0 Å². The van der Waals surface area contributed by atoms with Crippen LogP contribution in [-0.4, -0.2) is 38.6 Å². The number of hydrogen-bond acceptors (Lipinski definition) is 4. The summed E-state index contributed by atoms with van der Waals surface area (Å²) in [5.74, 6) is -0.867. The smallest absolute Gasteiger partial charge is 0.250 e. The van der Waals surface area contributed by atoms with Crippen LogP contribution in [0.2, 0.25) is 5.02 Å². The molecule has 6 nitrogen and oxygen atoms in total. The number of halogens is 1. The molecule has 0 aliphatic rings. The van der Waals surface area contributed by atoms with Crippen molar-refractivity contribution in [2.45, 2.75) is 0 Å². The molecule has 1 rings (SSSR count). The first-order valence-electron chi connectivity index (χ1n) is 5.63. The van der Waals surface area contributed by atoms with Crippen LogP contribution in [0.25, 0.3) is 0 Å². The Bertz CT molecular complexity index is 466. The number of carbonyl (C=O) groups excluding carboxylic acids is 2. The third-order valence-electron chi connectivity index (χ3n) is 2.28. The van der Waals surface area contributed by atoms with Gasteiger partial charge < -0.3 is 21.1 Å². The summed E-state index contributed by atoms with van der Waals surface area (Å²) in [4.78, 5) is 22.7. The van der Waals surface area contributed by atoms with Gasteiger partial charge in [-0.2, -0.15) is 0 Å². The molecule has 0 aromatic heterocycles. The standard InChI is InChI=1S/C12H16ClN3O3/c1-19-5-4-15-7-11(17)16-8-2-3-10(13)9(6-8)12(14)18/h2-3,6,15H,4-5,7H2,1H3,(H2,14,18)(H,16,17). The van der Waals surface area contributed by atoms with Crippen molar-refractivity contribution in [3.8, 4) is 0 Å². The number of ether oxygens (including phenoxy) is 1. The Morgan fingerprint density at radius 2 is 2.16 bits per heavy atom. The first-order valence-corrected chi connectivity index (χ1v) is 6.01. The molecule has 1 aromatic carbocycles. The number of carbonyl (C=O) groups is 2. The monoisotopic (exact) mass is 285 g/mol. The molecule has 2 amide bonds. The van der Waals surface area contributed by atoms with Crippen LogP contribution in [0.4, 0.5) is 5.69 Å². The fourth-order valence-corrected chi connectivity index (χ4v) is 1.58. The van der Waals surface area contributed by atoms with E-state index in [1.165, 1.54) is 12.1 Å². The highest BCUT2D eigenvalue weighted by Gasteiger charge is 2.09. The molecule has 0 saturated heterocycles. The van der Waals surface area contributed by atoms with Gasteiger partial charge in [0, 0.05) is 19.3 Å². The van der Waals surface area contributed by atoms with E-state index in [9.17, 15) is 9.59 Å². The number of nitrogens with two attached hydrogens (primary N) is 1. The molecule has 0 bridgehead atoms. The molecule has 0 unspecified atom stereocenters. The summed E-state index contributed by atoms with van der Waals surface area (Å²) in [6.45, 7) is 1.26. The van der Waals surface area contributed by atoms with Gasteiger partial charge in [-0.05, 0) is 18.2 Å². The Labute approximate surface area is 116 Å². The maximum absolute atomic E-state index is 11.6. The van der Waals surface area contributed by atoms with Crippen molar-refractivity contribution in [2.24, 2.45) is 5.73 Å². The van der Waals surface area contributed by atoms with Crippen LogP contribution in [0.1, 0.15) is 10.4 Å². The number of hydrogen-bond donors (Lipinski definition) is 3. The molecule has 0 radical (unpaired) electrons. The highest BCUT2D eigenvalue weighted by atomic mass is 35.5. The second-order valence-electron chi connectivity index (χ2n) is 3.78. The lowest BCUT2D eigenvalue weighted by atomic mass is 10.2. The van der Waals surface area contributed by atoms with E-state index in [-0.39, 0.29) is 23.0 Å². The molecule has 0 atom stereocenters. The lowest BCUT2D eigenvalue weighted by Crippen LogP contribution is -2.30. The van der Waals surface area contributed by atoms with Gasteiger partial charge in [0.1, 0.15) is 0 Å². The van der Waals surface area contributed by atoms with E-state index in [2.05, 4.69) is 10.6 Å². The average Bonchev–Trinajstić information content (AvgIpc) is 2.36. The van der Waals surface area contributed by atoms with Gasteiger partial charge in [0.05, 0.1) is 23.7 Å². The van der Waals surface area contributed by atoms with Crippen LogP contribution in [0.3, 0.4) is 0 Å². The average molecular weight is 286 g/mol. The molecule has 4 N–H and O–H groups in total. The number of nitrogens with one attached hydrogen (secondary N) is 2. The molecule has 0 aliphatic heterocycles. The predicted octanol–water partition coefficient (Wildman–Crippen LogP) is 0.613. The zero-order chi connectivity index (χ0) is 14.3. The third-order valence-corrected chi connectivity index (χ3v) is 2.61. The van der Waals surface area contributed by atoms with E-state index in [0.717, 1.165) is 0 Å². The molecular weight excluding hydrogens is 270 g/mol. The molecule has 7 heteroatoms. The molecule has 19 heavy (non-hydrogen) atoms. The third kappa shape index (κ3) is 5.25. The maximum atomic E-state index is 11.6. The van der Waals surface area contributed by atoms with Crippen molar-refractivity contribution < 1.29 is 14.3 Å². The number of amides is 2. The first-order chi connectivity index (χ1) is 9.04. The Hall–Kier alpha value is -1.63. The fraction of sp³-hybridized carbons (Fsp3) is 0.333. The summed E-state index contributed by atoms with van der Waals surface area (Å²) in [5.41, 5.74) is 5.81. The summed E-state index contributed by atoms with van der Waals surface area (Å²) >= 11 is 5.81.